The number of thioether (sulfide) groups is 2. The fraction of sp³-hybridized carbons (Fsp3) is 0.346. The number of aliphatic carboxylic acids is 2. The van der Waals surface area contributed by atoms with Gasteiger partial charge in [-0.3, -0.25) is 33.2 Å². The minimum Gasteiger partial charge on any atom is -0.480 e. The fourth-order valence-corrected chi connectivity index (χ4v) is 8.50. The molecule has 1 fully saturated rings. The van der Waals surface area contributed by atoms with E-state index in [-0.39, 0.29) is 31.4 Å². The number of carboxylic acid groups (broad SMARTS) is 2. The number of thiazole rings is 1. The van der Waals surface area contributed by atoms with Crippen molar-refractivity contribution >= 4 is 95.5 Å². The highest BCUT2D eigenvalue weighted by Crippen LogP contribution is 2.47. The molecule has 43 heavy (non-hydrogen) atoms. The minimum atomic E-state index is -4.24. The number of amides is 1. The number of carboxylic acids is 2. The summed E-state index contributed by atoms with van der Waals surface area (Å²) < 4.78 is 34.0. The number of carbonyl (C=O) groups is 3. The molecule has 0 saturated carbocycles. The number of nitrogens with zero attached hydrogens (tertiary/aromatic N) is 3. The normalized spacial score (nSPS) is 18.9. The van der Waals surface area contributed by atoms with Crippen LogP contribution in [0.5, 0.6) is 0 Å². The molecule has 1 saturated heterocycles. The first-order valence-electron chi connectivity index (χ1n) is 12.7. The topological polar surface area (TPSA) is 175 Å². The number of carbonyl (C=O) groups excluding carboxylic acids is 1. The highest BCUT2D eigenvalue weighted by atomic mass is 32.2. The van der Waals surface area contributed by atoms with Crippen molar-refractivity contribution in [3.8, 4) is 0 Å². The summed E-state index contributed by atoms with van der Waals surface area (Å²) in [6.45, 7) is 5.87. The molecule has 0 radical (unpaired) electrons. The molecule has 3 heterocycles. The minimum absolute atomic E-state index is 0.0186. The van der Waals surface area contributed by atoms with Crippen molar-refractivity contribution in [3.63, 3.8) is 0 Å². The molecule has 0 bridgehead atoms. The summed E-state index contributed by atoms with van der Waals surface area (Å²) in [6, 6.07) is 4.00. The molecule has 2 aliphatic rings. The predicted molar refractivity (Wildman–Crippen MR) is 170 cm³/mol. The molecule has 1 atom stereocenters. The van der Waals surface area contributed by atoms with Gasteiger partial charge in [0.2, 0.25) is 0 Å². The second-order valence-electron chi connectivity index (χ2n) is 9.94. The van der Waals surface area contributed by atoms with E-state index in [1.807, 2.05) is 30.9 Å². The van der Waals surface area contributed by atoms with Crippen LogP contribution in [-0.4, -0.2) is 73.2 Å². The molecule has 1 unspecified atom stereocenters. The summed E-state index contributed by atoms with van der Waals surface area (Å²) in [5.41, 5.74) is 2.76. The Hall–Kier alpha value is -2.96. The zero-order chi connectivity index (χ0) is 32.0. The van der Waals surface area contributed by atoms with Crippen molar-refractivity contribution in [2.75, 3.05) is 18.0 Å². The van der Waals surface area contributed by atoms with Crippen LogP contribution in [0.25, 0.3) is 10.5 Å². The highest BCUT2D eigenvalue weighted by Gasteiger charge is 2.35. The van der Waals surface area contributed by atoms with E-state index < -0.39 is 51.9 Å². The Bertz CT molecular complexity index is 1890. The Balaban J connectivity index is 1.87. The van der Waals surface area contributed by atoms with Crippen molar-refractivity contribution in [2.45, 2.75) is 50.8 Å². The monoisotopic (exact) mass is 685 g/mol. The Morgan fingerprint density at radius 1 is 1.05 bits per heavy atom. The lowest BCUT2D eigenvalue weighted by Gasteiger charge is -2.22. The predicted octanol–water partition coefficient (Wildman–Crippen LogP) is 1.96. The van der Waals surface area contributed by atoms with Crippen molar-refractivity contribution in [1.29, 1.82) is 0 Å². The Kier molecular flexibility index (Phi) is 9.63. The smallest absolute Gasteiger partial charge is 0.323 e. The van der Waals surface area contributed by atoms with Crippen molar-refractivity contribution in [1.82, 2.24) is 9.47 Å². The number of hydrogen-bond acceptors (Lipinski definition) is 11. The number of aryl methyl sites for hydroxylation is 2. The van der Waals surface area contributed by atoms with Gasteiger partial charge in [0.15, 0.2) is 0 Å². The summed E-state index contributed by atoms with van der Waals surface area (Å²) in [5.74, 6) is -3.32. The lowest BCUT2D eigenvalue weighted by atomic mass is 10.1. The summed E-state index contributed by atoms with van der Waals surface area (Å²) in [6.07, 6.45) is 1.87. The van der Waals surface area contributed by atoms with Gasteiger partial charge in [0, 0.05) is 11.4 Å². The van der Waals surface area contributed by atoms with Crippen LogP contribution in [0, 0.1) is 13.8 Å². The van der Waals surface area contributed by atoms with E-state index in [0.29, 0.717) is 10.6 Å². The molecule has 4 rings (SSSR count). The first-order chi connectivity index (χ1) is 20.0. The van der Waals surface area contributed by atoms with Gasteiger partial charge in [0.25, 0.3) is 21.6 Å². The maximum absolute atomic E-state index is 13.5. The molecule has 1 aromatic heterocycles. The van der Waals surface area contributed by atoms with Gasteiger partial charge in [-0.1, -0.05) is 35.7 Å². The van der Waals surface area contributed by atoms with E-state index in [9.17, 15) is 37.3 Å². The second kappa shape index (κ2) is 12.6. The first-order valence-corrected chi connectivity index (χ1v) is 17.0. The standard InChI is InChI=1S/C26H27N3O9S5/c1-12-7-16-17(8-13(12)2)40-18(27(16)6-5-15(4)43(36,37)38)9-14(3)21-23(34)28(10-19(30)31)25(41-21)22-24(35)29(11-20(32)33)26(39)42-22/h7-9,15H,5-6,10-11H2,1-4H3,(H,30,31)(H,32,33)(H,36,37,38)/b18-9?,21-14?,25-22+. The molecule has 17 heteroatoms. The van der Waals surface area contributed by atoms with Gasteiger partial charge in [-0.05, 0) is 69.0 Å². The zero-order valence-corrected chi connectivity index (χ0v) is 27.4. The number of fused-ring (bicyclic) bond motifs is 1. The maximum atomic E-state index is 13.5. The fourth-order valence-electron chi connectivity index (χ4n) is 4.31. The molecule has 3 N–H and O–H groups in total. The van der Waals surface area contributed by atoms with Gasteiger partial charge in [0.05, 0.1) is 20.5 Å². The molecule has 230 valence electrons. The van der Waals surface area contributed by atoms with Crippen LogP contribution in [0.4, 0.5) is 5.69 Å². The van der Waals surface area contributed by atoms with E-state index in [1.165, 1.54) is 18.7 Å². The van der Waals surface area contributed by atoms with E-state index in [1.54, 1.807) is 13.0 Å². The summed E-state index contributed by atoms with van der Waals surface area (Å²) in [4.78, 5) is 53.2. The van der Waals surface area contributed by atoms with Gasteiger partial charge in [-0.25, -0.2) is 0 Å². The maximum Gasteiger partial charge on any atom is 0.323 e. The number of rotatable bonds is 9. The molecule has 2 aromatic rings. The van der Waals surface area contributed by atoms with Gasteiger partial charge >= 0.3 is 11.9 Å². The third-order valence-electron chi connectivity index (χ3n) is 6.83. The number of allylic oxidation sites excluding steroid dienone is 1. The number of benzene rings is 1. The molecule has 12 nitrogen and oxygen atoms in total. The van der Waals surface area contributed by atoms with Crippen LogP contribution < -0.4 is 19.7 Å². The average molecular weight is 686 g/mol. The summed E-state index contributed by atoms with van der Waals surface area (Å²) in [7, 11) is -4.24. The lowest BCUT2D eigenvalue weighted by Crippen LogP contribution is -2.37. The first kappa shape index (κ1) is 32.9. The zero-order valence-electron chi connectivity index (χ0n) is 23.3. The van der Waals surface area contributed by atoms with E-state index in [0.717, 1.165) is 54.3 Å². The molecular formula is C26H27N3O9S5. The average Bonchev–Trinajstić information content (AvgIpc) is 3.48. The number of aromatic nitrogens is 1. The third kappa shape index (κ3) is 6.91. The SMILES string of the molecule is CC(C=C1Sc2cc(C)c(C)cc2N1CCC(C)S(=O)(=O)O)=c1s/c(=C2/SC(=S)N(CC(=O)O)C2=O)n(CC(=O)O)c1=O. The highest BCUT2D eigenvalue weighted by molar-refractivity contribution is 8.30. The Morgan fingerprint density at radius 2 is 1.67 bits per heavy atom. The van der Waals surface area contributed by atoms with Gasteiger partial charge in [-0.2, -0.15) is 8.42 Å². The van der Waals surface area contributed by atoms with E-state index >= 15 is 0 Å². The number of thiocarbonyl (C=S) groups is 1. The molecule has 0 spiro atoms. The van der Waals surface area contributed by atoms with Crippen LogP contribution in [-0.2, 0) is 31.0 Å². The van der Waals surface area contributed by atoms with E-state index in [4.69, 9.17) is 17.3 Å². The van der Waals surface area contributed by atoms with Gasteiger partial charge in [0.1, 0.15) is 27.0 Å². The Labute approximate surface area is 264 Å². The second-order valence-corrected chi connectivity index (χ2v) is 15.5. The van der Waals surface area contributed by atoms with Gasteiger partial charge < -0.3 is 15.1 Å². The van der Waals surface area contributed by atoms with Gasteiger partial charge in [-0.15, -0.1) is 11.3 Å². The lowest BCUT2D eigenvalue weighted by molar-refractivity contribution is -0.140. The van der Waals surface area contributed by atoms with Crippen molar-refractivity contribution in [2.24, 2.45) is 0 Å². The Morgan fingerprint density at radius 3 is 2.28 bits per heavy atom. The quantitative estimate of drug-likeness (QED) is 0.258. The van der Waals surface area contributed by atoms with Crippen LogP contribution in [0.2, 0.25) is 0 Å². The number of anilines is 1. The summed E-state index contributed by atoms with van der Waals surface area (Å²) in [5, 5.41) is 18.3. The van der Waals surface area contributed by atoms with Crippen LogP contribution in [0.15, 0.2) is 32.9 Å². The van der Waals surface area contributed by atoms with Crippen molar-refractivity contribution in [3.05, 3.63) is 53.9 Å². The van der Waals surface area contributed by atoms with Crippen LogP contribution in [0.1, 0.15) is 31.4 Å². The summed E-state index contributed by atoms with van der Waals surface area (Å²) >= 11 is 8.30. The van der Waals surface area contributed by atoms with Crippen LogP contribution in [0.3, 0.4) is 0 Å². The third-order valence-corrected chi connectivity index (χ3v) is 12.1. The molecule has 0 aliphatic carbocycles. The molecule has 2 aliphatic heterocycles. The van der Waals surface area contributed by atoms with Crippen LogP contribution >= 0.6 is 47.1 Å². The molecule has 1 amide bonds. The van der Waals surface area contributed by atoms with Crippen molar-refractivity contribution < 1.29 is 37.6 Å². The molecular weight excluding hydrogens is 659 g/mol. The largest absolute Gasteiger partial charge is 0.480 e. The van der Waals surface area contributed by atoms with E-state index in [2.05, 4.69) is 0 Å². The number of hydrogen-bond donors (Lipinski definition) is 3. The molecule has 1 aromatic carbocycles.